The molecule has 8 heavy (non-hydrogen) atoms. The molecule has 0 aromatic carbocycles. The summed E-state index contributed by atoms with van der Waals surface area (Å²) in [4.78, 5) is 0. The van der Waals surface area contributed by atoms with Crippen LogP contribution in [0, 0.1) is 5.21 Å². The lowest BCUT2D eigenvalue weighted by atomic mass is 10.2. The van der Waals surface area contributed by atoms with Crippen LogP contribution in [0.2, 0.25) is 0 Å². The molecule has 0 aliphatic carbocycles. The average Bonchev–Trinajstić information content (AvgIpc) is 2.14. The lowest BCUT2D eigenvalue weighted by molar-refractivity contribution is -0.376. The Bertz CT molecular complexity index is 147. The second-order valence-electron chi connectivity index (χ2n) is 1.83. The molecule has 0 fully saturated rings. The van der Waals surface area contributed by atoms with Crippen molar-refractivity contribution in [1.82, 2.24) is 0 Å². The van der Waals surface area contributed by atoms with Gasteiger partial charge in [0.1, 0.15) is 0 Å². The monoisotopic (exact) mass is 111 g/mol. The van der Waals surface area contributed by atoms with Gasteiger partial charge in [0.25, 0.3) is 0 Å². The first-order valence-electron chi connectivity index (χ1n) is 2.82. The van der Waals surface area contributed by atoms with E-state index in [0.717, 1.165) is 23.3 Å². The Labute approximate surface area is 48.7 Å². The predicted octanol–water partition coefficient (Wildman–Crippen LogP) is 1.27. The van der Waals surface area contributed by atoms with Crippen LogP contribution in [-0.2, 0) is 0 Å². The zero-order valence-corrected chi connectivity index (χ0v) is 4.92. The second kappa shape index (κ2) is 1.99. The topological polar surface area (TPSA) is 26.1 Å². The highest BCUT2D eigenvalue weighted by Gasteiger charge is 2.07. The zero-order chi connectivity index (χ0) is 5.98. The predicted molar refractivity (Wildman–Crippen MR) is 32.7 cm³/mol. The van der Waals surface area contributed by atoms with Crippen molar-refractivity contribution < 1.29 is 4.74 Å². The largest absolute Gasteiger partial charge is 0.619 e. The molecular weight excluding hydrogens is 102 g/mol. The third kappa shape index (κ3) is 0.735. The van der Waals surface area contributed by atoms with Crippen LogP contribution in [-0.4, -0.2) is 10.5 Å². The fourth-order valence-corrected chi connectivity index (χ4v) is 0.780. The molecule has 0 radical (unpaired) electrons. The van der Waals surface area contributed by atoms with Crippen LogP contribution in [0.4, 0.5) is 0 Å². The number of allylic oxidation sites excluding steroid dienone is 1. The van der Waals surface area contributed by atoms with Crippen LogP contribution in [0.1, 0.15) is 19.8 Å². The Hall–Kier alpha value is -0.790. The molecule has 2 nitrogen and oxygen atoms in total. The Morgan fingerprint density at radius 1 is 1.88 bits per heavy atom. The average molecular weight is 111 g/mol. The summed E-state index contributed by atoms with van der Waals surface area (Å²) in [5.74, 6) is 0. The van der Waals surface area contributed by atoms with Gasteiger partial charge >= 0.3 is 0 Å². The molecule has 44 valence electrons. The van der Waals surface area contributed by atoms with Crippen LogP contribution in [0.3, 0.4) is 0 Å². The smallest absolute Gasteiger partial charge is 0.176 e. The first-order valence-corrected chi connectivity index (χ1v) is 2.82. The van der Waals surface area contributed by atoms with Crippen LogP contribution >= 0.6 is 0 Å². The van der Waals surface area contributed by atoms with Gasteiger partial charge in [-0.2, -0.15) is 4.74 Å². The summed E-state index contributed by atoms with van der Waals surface area (Å²) in [5, 5.41) is 10.6. The van der Waals surface area contributed by atoms with Crippen molar-refractivity contribution in [3.63, 3.8) is 0 Å². The van der Waals surface area contributed by atoms with E-state index in [2.05, 4.69) is 0 Å². The fraction of sp³-hybridized carbons (Fsp3) is 0.500. The van der Waals surface area contributed by atoms with E-state index in [1.54, 1.807) is 6.20 Å². The maximum absolute atomic E-state index is 10.6. The SMILES string of the molecule is CCC1=[N+]([O-])C=CC1. The molecule has 1 rings (SSSR count). The molecule has 0 aromatic heterocycles. The molecule has 0 saturated heterocycles. The van der Waals surface area contributed by atoms with E-state index >= 15 is 0 Å². The molecule has 0 unspecified atom stereocenters. The van der Waals surface area contributed by atoms with Crippen molar-refractivity contribution in [3.8, 4) is 0 Å². The van der Waals surface area contributed by atoms with E-state index in [1.165, 1.54) is 0 Å². The van der Waals surface area contributed by atoms with E-state index in [4.69, 9.17) is 0 Å². The van der Waals surface area contributed by atoms with Crippen molar-refractivity contribution in [1.29, 1.82) is 0 Å². The fourth-order valence-electron chi connectivity index (χ4n) is 0.780. The minimum absolute atomic E-state index is 0.847. The molecule has 0 aromatic rings. The Kier molecular flexibility index (Phi) is 1.33. The lowest BCUT2D eigenvalue weighted by Crippen LogP contribution is -2.02. The van der Waals surface area contributed by atoms with E-state index in [0.29, 0.717) is 0 Å². The quantitative estimate of drug-likeness (QED) is 0.369. The van der Waals surface area contributed by atoms with Crippen molar-refractivity contribution in [2.75, 3.05) is 0 Å². The standard InChI is InChI=1S/C6H9NO/c1-2-6-4-3-5-7(6)8/h3,5H,2,4H2,1H3. The van der Waals surface area contributed by atoms with Gasteiger partial charge in [-0.3, -0.25) is 0 Å². The van der Waals surface area contributed by atoms with Gasteiger partial charge in [-0.05, 0) is 6.08 Å². The lowest BCUT2D eigenvalue weighted by Gasteiger charge is -1.95. The van der Waals surface area contributed by atoms with E-state index in [-0.39, 0.29) is 0 Å². The van der Waals surface area contributed by atoms with E-state index < -0.39 is 0 Å². The van der Waals surface area contributed by atoms with Crippen LogP contribution in [0.15, 0.2) is 12.3 Å². The van der Waals surface area contributed by atoms with Gasteiger partial charge in [-0.15, -0.1) is 0 Å². The van der Waals surface area contributed by atoms with Crippen LogP contribution in [0.5, 0.6) is 0 Å². The van der Waals surface area contributed by atoms with Gasteiger partial charge in [0.2, 0.25) is 0 Å². The minimum Gasteiger partial charge on any atom is -0.619 e. The third-order valence-corrected chi connectivity index (χ3v) is 1.31. The molecular formula is C6H9NO. The summed E-state index contributed by atoms with van der Waals surface area (Å²) >= 11 is 0. The first kappa shape index (κ1) is 5.35. The maximum atomic E-state index is 10.6. The molecule has 0 spiro atoms. The Morgan fingerprint density at radius 3 is 2.88 bits per heavy atom. The number of rotatable bonds is 1. The van der Waals surface area contributed by atoms with Crippen molar-refractivity contribution in [3.05, 3.63) is 17.5 Å². The molecule has 0 saturated carbocycles. The summed E-state index contributed by atoms with van der Waals surface area (Å²) in [6, 6.07) is 0. The van der Waals surface area contributed by atoms with Gasteiger partial charge in [-0.1, -0.05) is 6.92 Å². The molecule has 0 N–H and O–H groups in total. The number of nitrogens with zero attached hydrogens (tertiary/aromatic N) is 1. The van der Waals surface area contributed by atoms with Gasteiger partial charge in [0.15, 0.2) is 11.9 Å². The second-order valence-corrected chi connectivity index (χ2v) is 1.83. The van der Waals surface area contributed by atoms with Crippen LogP contribution < -0.4 is 0 Å². The number of hydrogen-bond acceptors (Lipinski definition) is 1. The van der Waals surface area contributed by atoms with Crippen molar-refractivity contribution in [2.45, 2.75) is 19.8 Å². The number of hydrogen-bond donors (Lipinski definition) is 0. The normalized spacial score (nSPS) is 18.1. The first-order chi connectivity index (χ1) is 3.84. The highest BCUT2D eigenvalue weighted by atomic mass is 16.5. The maximum Gasteiger partial charge on any atom is 0.176 e. The summed E-state index contributed by atoms with van der Waals surface area (Å²) in [6.45, 7) is 1.99. The minimum atomic E-state index is 0.847. The molecule has 1 aliphatic rings. The molecule has 1 aliphatic heterocycles. The summed E-state index contributed by atoms with van der Waals surface area (Å²) in [7, 11) is 0. The van der Waals surface area contributed by atoms with Gasteiger partial charge in [-0.25, -0.2) is 0 Å². The molecule has 1 heterocycles. The Morgan fingerprint density at radius 2 is 2.62 bits per heavy atom. The summed E-state index contributed by atoms with van der Waals surface area (Å²) in [5.41, 5.74) is 0.963. The third-order valence-electron chi connectivity index (χ3n) is 1.31. The highest BCUT2D eigenvalue weighted by Crippen LogP contribution is 2.01. The summed E-state index contributed by atoms with van der Waals surface area (Å²) in [6.07, 6.45) is 5.17. The number of hydroxylamine groups is 1. The zero-order valence-electron chi connectivity index (χ0n) is 4.92. The molecule has 0 bridgehead atoms. The van der Waals surface area contributed by atoms with E-state index in [9.17, 15) is 5.21 Å². The molecule has 0 atom stereocenters. The van der Waals surface area contributed by atoms with E-state index in [1.807, 2.05) is 13.0 Å². The van der Waals surface area contributed by atoms with Crippen molar-refractivity contribution >= 4 is 5.71 Å². The van der Waals surface area contributed by atoms with Gasteiger partial charge < -0.3 is 5.21 Å². The molecule has 0 amide bonds. The summed E-state index contributed by atoms with van der Waals surface area (Å²) < 4.78 is 0.944. The van der Waals surface area contributed by atoms with Crippen molar-refractivity contribution in [2.24, 2.45) is 0 Å². The highest BCUT2D eigenvalue weighted by molar-refractivity contribution is 5.82. The van der Waals surface area contributed by atoms with Crippen LogP contribution in [0.25, 0.3) is 0 Å². The molecule has 2 heteroatoms. The Balaban J connectivity index is 2.68. The van der Waals surface area contributed by atoms with Gasteiger partial charge in [0.05, 0.1) is 6.42 Å². The van der Waals surface area contributed by atoms with Gasteiger partial charge in [0, 0.05) is 6.42 Å².